The van der Waals surface area contributed by atoms with E-state index in [9.17, 15) is 9.59 Å². The van der Waals surface area contributed by atoms with E-state index in [1.165, 1.54) is 6.92 Å². The summed E-state index contributed by atoms with van der Waals surface area (Å²) in [4.78, 5) is 23.3. The highest BCUT2D eigenvalue weighted by atomic mass is 16.2. The first-order valence-corrected chi connectivity index (χ1v) is 6.29. The van der Waals surface area contributed by atoms with Gasteiger partial charge in [0.25, 0.3) is 0 Å². The number of benzene rings is 1. The molecule has 1 atom stereocenters. The van der Waals surface area contributed by atoms with E-state index in [-0.39, 0.29) is 17.6 Å². The van der Waals surface area contributed by atoms with E-state index >= 15 is 0 Å². The predicted octanol–water partition coefficient (Wildman–Crippen LogP) is 1.83. The maximum absolute atomic E-state index is 12.0. The molecule has 4 nitrogen and oxygen atoms in total. The average Bonchev–Trinajstić information content (AvgIpc) is 2.40. The van der Waals surface area contributed by atoms with E-state index < -0.39 is 0 Å². The lowest BCUT2D eigenvalue weighted by molar-refractivity contribution is -0.120. The fourth-order valence-electron chi connectivity index (χ4n) is 2.14. The Morgan fingerprint density at radius 2 is 2.22 bits per heavy atom. The molecule has 1 aliphatic heterocycles. The van der Waals surface area contributed by atoms with Gasteiger partial charge in [0.1, 0.15) is 0 Å². The Labute approximate surface area is 107 Å². The minimum Gasteiger partial charge on any atom is -0.326 e. The van der Waals surface area contributed by atoms with E-state index in [4.69, 9.17) is 0 Å². The van der Waals surface area contributed by atoms with Gasteiger partial charge in [0.15, 0.2) is 5.78 Å². The first-order chi connectivity index (χ1) is 8.66. The van der Waals surface area contributed by atoms with Crippen LogP contribution in [0.25, 0.3) is 0 Å². The number of rotatable bonds is 3. The second kappa shape index (κ2) is 5.78. The number of piperidine rings is 1. The minimum atomic E-state index is 0.00503. The van der Waals surface area contributed by atoms with Gasteiger partial charge >= 0.3 is 0 Å². The molecule has 1 heterocycles. The standard InChI is InChI=1S/C14H18N2O2/c1-10(17)11-4-2-6-13(8-11)16-14(18)12-5-3-7-15-9-12/h2,4,6,8,12,15H,3,5,7,9H2,1H3,(H,16,18)/t12-/m0/s1. The molecule has 0 aliphatic carbocycles. The van der Waals surface area contributed by atoms with Gasteiger partial charge in [-0.2, -0.15) is 0 Å². The van der Waals surface area contributed by atoms with E-state index in [1.807, 2.05) is 0 Å². The number of carbonyl (C=O) groups excluding carboxylic acids is 2. The number of anilines is 1. The molecule has 96 valence electrons. The van der Waals surface area contributed by atoms with Crippen molar-refractivity contribution in [2.45, 2.75) is 19.8 Å². The number of carbonyl (C=O) groups is 2. The molecule has 0 radical (unpaired) electrons. The lowest BCUT2D eigenvalue weighted by atomic mass is 9.98. The highest BCUT2D eigenvalue weighted by molar-refractivity contribution is 5.97. The van der Waals surface area contributed by atoms with Crippen molar-refractivity contribution in [2.75, 3.05) is 18.4 Å². The van der Waals surface area contributed by atoms with Crippen molar-refractivity contribution in [3.8, 4) is 0 Å². The number of hydrogen-bond donors (Lipinski definition) is 2. The third kappa shape index (κ3) is 3.17. The van der Waals surface area contributed by atoms with Gasteiger partial charge in [0.2, 0.25) is 5.91 Å². The zero-order valence-electron chi connectivity index (χ0n) is 10.5. The first-order valence-electron chi connectivity index (χ1n) is 6.29. The summed E-state index contributed by atoms with van der Waals surface area (Å²) in [5.74, 6) is 0.0630. The SMILES string of the molecule is CC(=O)c1cccc(NC(=O)[C@H]2CCCNC2)c1. The molecule has 0 saturated carbocycles. The highest BCUT2D eigenvalue weighted by Crippen LogP contribution is 2.15. The predicted molar refractivity (Wildman–Crippen MR) is 70.7 cm³/mol. The monoisotopic (exact) mass is 246 g/mol. The van der Waals surface area contributed by atoms with Crippen LogP contribution in [0.1, 0.15) is 30.1 Å². The fourth-order valence-corrected chi connectivity index (χ4v) is 2.14. The van der Waals surface area contributed by atoms with E-state index in [2.05, 4.69) is 10.6 Å². The summed E-state index contributed by atoms with van der Waals surface area (Å²) in [5.41, 5.74) is 1.31. The van der Waals surface area contributed by atoms with Crippen LogP contribution in [-0.4, -0.2) is 24.8 Å². The summed E-state index contributed by atoms with van der Waals surface area (Å²) in [5, 5.41) is 6.09. The Hall–Kier alpha value is -1.68. The van der Waals surface area contributed by atoms with Crippen LogP contribution in [-0.2, 0) is 4.79 Å². The molecular formula is C14H18N2O2. The van der Waals surface area contributed by atoms with Crippen molar-refractivity contribution in [1.82, 2.24) is 5.32 Å². The Kier molecular flexibility index (Phi) is 4.10. The maximum Gasteiger partial charge on any atom is 0.228 e. The lowest BCUT2D eigenvalue weighted by Crippen LogP contribution is -2.37. The van der Waals surface area contributed by atoms with Gasteiger partial charge in [-0.3, -0.25) is 9.59 Å². The Balaban J connectivity index is 2.02. The van der Waals surface area contributed by atoms with Crippen molar-refractivity contribution in [1.29, 1.82) is 0 Å². The maximum atomic E-state index is 12.0. The van der Waals surface area contributed by atoms with Gasteiger partial charge in [-0.05, 0) is 38.4 Å². The van der Waals surface area contributed by atoms with Crippen molar-refractivity contribution in [3.05, 3.63) is 29.8 Å². The molecule has 1 amide bonds. The van der Waals surface area contributed by atoms with Crippen molar-refractivity contribution in [2.24, 2.45) is 5.92 Å². The molecule has 1 aromatic rings. The average molecular weight is 246 g/mol. The molecule has 1 aliphatic rings. The van der Waals surface area contributed by atoms with E-state index in [0.29, 0.717) is 11.3 Å². The number of ketones is 1. The van der Waals surface area contributed by atoms with Crippen LogP contribution in [0.2, 0.25) is 0 Å². The van der Waals surface area contributed by atoms with Crippen LogP contribution >= 0.6 is 0 Å². The summed E-state index contributed by atoms with van der Waals surface area (Å²) in [6.45, 7) is 3.24. The quantitative estimate of drug-likeness (QED) is 0.800. The van der Waals surface area contributed by atoms with Gasteiger partial charge < -0.3 is 10.6 Å². The van der Waals surface area contributed by atoms with Crippen molar-refractivity contribution < 1.29 is 9.59 Å². The first kappa shape index (κ1) is 12.8. The van der Waals surface area contributed by atoms with Crippen LogP contribution in [0.4, 0.5) is 5.69 Å². The molecule has 18 heavy (non-hydrogen) atoms. The smallest absolute Gasteiger partial charge is 0.228 e. The Morgan fingerprint density at radius 3 is 2.89 bits per heavy atom. The van der Waals surface area contributed by atoms with Crippen molar-refractivity contribution in [3.63, 3.8) is 0 Å². The second-order valence-corrected chi connectivity index (χ2v) is 4.67. The van der Waals surface area contributed by atoms with Gasteiger partial charge in [-0.15, -0.1) is 0 Å². The molecule has 2 rings (SSSR count). The number of nitrogens with one attached hydrogen (secondary N) is 2. The summed E-state index contributed by atoms with van der Waals surface area (Å²) >= 11 is 0. The number of hydrogen-bond acceptors (Lipinski definition) is 3. The van der Waals surface area contributed by atoms with Crippen LogP contribution in [0.3, 0.4) is 0 Å². The topological polar surface area (TPSA) is 58.2 Å². The summed E-state index contributed by atoms with van der Waals surface area (Å²) in [6, 6.07) is 7.06. The second-order valence-electron chi connectivity index (χ2n) is 4.67. The zero-order chi connectivity index (χ0) is 13.0. The van der Waals surface area contributed by atoms with Gasteiger partial charge in [-0.1, -0.05) is 12.1 Å². The largest absolute Gasteiger partial charge is 0.326 e. The highest BCUT2D eigenvalue weighted by Gasteiger charge is 2.20. The van der Waals surface area contributed by atoms with Crippen LogP contribution < -0.4 is 10.6 Å². The molecular weight excluding hydrogens is 228 g/mol. The molecule has 2 N–H and O–H groups in total. The minimum absolute atomic E-state index is 0.00503. The normalized spacial score (nSPS) is 19.3. The Bertz CT molecular complexity index is 451. The van der Waals surface area contributed by atoms with Gasteiger partial charge in [0.05, 0.1) is 5.92 Å². The number of Topliss-reactive ketones (excluding diaryl/α,β-unsaturated/α-hetero) is 1. The summed E-state index contributed by atoms with van der Waals surface area (Å²) < 4.78 is 0. The zero-order valence-corrected chi connectivity index (χ0v) is 10.5. The number of amides is 1. The van der Waals surface area contributed by atoms with Crippen LogP contribution in [0.5, 0.6) is 0 Å². The van der Waals surface area contributed by atoms with E-state index in [0.717, 1.165) is 25.9 Å². The molecule has 4 heteroatoms. The van der Waals surface area contributed by atoms with Crippen LogP contribution in [0.15, 0.2) is 24.3 Å². The third-order valence-electron chi connectivity index (χ3n) is 3.20. The fraction of sp³-hybridized carbons (Fsp3) is 0.429. The lowest BCUT2D eigenvalue weighted by Gasteiger charge is -2.21. The summed E-state index contributed by atoms with van der Waals surface area (Å²) in [7, 11) is 0. The molecule has 1 fully saturated rings. The summed E-state index contributed by atoms with van der Waals surface area (Å²) in [6.07, 6.45) is 1.96. The Morgan fingerprint density at radius 1 is 1.39 bits per heavy atom. The molecule has 0 spiro atoms. The van der Waals surface area contributed by atoms with Crippen LogP contribution in [0, 0.1) is 5.92 Å². The molecule has 0 unspecified atom stereocenters. The molecule has 0 aromatic heterocycles. The van der Waals surface area contributed by atoms with Crippen molar-refractivity contribution >= 4 is 17.4 Å². The third-order valence-corrected chi connectivity index (χ3v) is 3.20. The molecule has 1 saturated heterocycles. The molecule has 0 bridgehead atoms. The van der Waals surface area contributed by atoms with Gasteiger partial charge in [0, 0.05) is 17.8 Å². The molecule has 1 aromatic carbocycles. The van der Waals surface area contributed by atoms with E-state index in [1.54, 1.807) is 24.3 Å². The van der Waals surface area contributed by atoms with Gasteiger partial charge in [-0.25, -0.2) is 0 Å².